The van der Waals surface area contributed by atoms with Gasteiger partial charge in [0.2, 0.25) is 0 Å². The highest BCUT2D eigenvalue weighted by Crippen LogP contribution is 2.35. The van der Waals surface area contributed by atoms with Crippen LogP contribution in [-0.4, -0.2) is 15.3 Å². The monoisotopic (exact) mass is 432 g/mol. The molecule has 0 saturated carbocycles. The first-order valence-corrected chi connectivity index (χ1v) is 11.2. The molecule has 156 valence electrons. The molecule has 0 bridgehead atoms. The van der Waals surface area contributed by atoms with Gasteiger partial charge in [-0.3, -0.25) is 14.2 Å². The summed E-state index contributed by atoms with van der Waals surface area (Å²) in [6.07, 6.45) is 4.04. The van der Waals surface area contributed by atoms with Crippen molar-refractivity contribution in [1.82, 2.24) is 9.55 Å². The van der Waals surface area contributed by atoms with Gasteiger partial charge >= 0.3 is 0 Å². The zero-order valence-electron chi connectivity index (χ0n) is 17.2. The van der Waals surface area contributed by atoms with Crippen molar-refractivity contribution in [2.24, 2.45) is 0 Å². The van der Waals surface area contributed by atoms with Gasteiger partial charge in [0.15, 0.2) is 5.78 Å². The Hall–Kier alpha value is -3.12. The zero-order chi connectivity index (χ0) is 21.5. The van der Waals surface area contributed by atoms with E-state index in [0.29, 0.717) is 16.8 Å². The Bertz CT molecular complexity index is 1370. The molecule has 1 aliphatic rings. The molecule has 0 amide bonds. The minimum Gasteiger partial charge on any atom is -0.292 e. The lowest BCUT2D eigenvalue weighted by atomic mass is 9.97. The van der Waals surface area contributed by atoms with Gasteiger partial charge in [-0.1, -0.05) is 23.8 Å². The second-order valence-corrected chi connectivity index (χ2v) is 9.10. The number of carbonyl (C=O) groups is 1. The lowest BCUT2D eigenvalue weighted by Gasteiger charge is -2.14. The van der Waals surface area contributed by atoms with E-state index in [1.54, 1.807) is 11.3 Å². The Morgan fingerprint density at radius 1 is 1.13 bits per heavy atom. The summed E-state index contributed by atoms with van der Waals surface area (Å²) < 4.78 is 14.8. The summed E-state index contributed by atoms with van der Waals surface area (Å²) in [6.45, 7) is 1.85. The summed E-state index contributed by atoms with van der Waals surface area (Å²) in [5.74, 6) is -0.154. The van der Waals surface area contributed by atoms with Crippen molar-refractivity contribution in [2.45, 2.75) is 39.2 Å². The van der Waals surface area contributed by atoms with Crippen LogP contribution >= 0.6 is 11.3 Å². The molecule has 4 nitrogen and oxygen atoms in total. The molecule has 0 unspecified atom stereocenters. The molecule has 4 aromatic rings. The molecule has 2 aromatic heterocycles. The highest BCUT2D eigenvalue weighted by atomic mass is 32.1. The molecule has 2 aromatic carbocycles. The van der Waals surface area contributed by atoms with Gasteiger partial charge in [-0.05, 0) is 68.5 Å². The maximum absolute atomic E-state index is 13.7. The number of aromatic nitrogens is 2. The largest absolute Gasteiger partial charge is 0.292 e. The summed E-state index contributed by atoms with van der Waals surface area (Å²) in [7, 11) is 0. The Labute approximate surface area is 183 Å². The summed E-state index contributed by atoms with van der Waals surface area (Å²) in [6, 6.07) is 13.2. The minimum absolute atomic E-state index is 0.138. The maximum Gasteiger partial charge on any atom is 0.263 e. The minimum atomic E-state index is -0.401. The summed E-state index contributed by atoms with van der Waals surface area (Å²) >= 11 is 1.60. The fourth-order valence-electron chi connectivity index (χ4n) is 4.26. The van der Waals surface area contributed by atoms with E-state index in [-0.39, 0.29) is 17.9 Å². The van der Waals surface area contributed by atoms with E-state index in [9.17, 15) is 14.0 Å². The normalized spacial score (nSPS) is 13.4. The lowest BCUT2D eigenvalue weighted by molar-refractivity contribution is 0.0971. The van der Waals surface area contributed by atoms with Crippen LogP contribution in [0.1, 0.15) is 39.2 Å². The molecular formula is C25H21FN2O2S. The number of rotatable bonds is 4. The summed E-state index contributed by atoms with van der Waals surface area (Å²) in [4.78, 5) is 33.5. The number of ketones is 1. The summed E-state index contributed by atoms with van der Waals surface area (Å²) in [5.41, 5.74) is 3.15. The molecule has 0 aliphatic heterocycles. The van der Waals surface area contributed by atoms with Crippen molar-refractivity contribution >= 4 is 27.3 Å². The van der Waals surface area contributed by atoms with E-state index < -0.39 is 5.82 Å². The predicted molar refractivity (Wildman–Crippen MR) is 121 cm³/mol. The average molecular weight is 433 g/mol. The summed E-state index contributed by atoms with van der Waals surface area (Å²) in [5, 5.41) is 0.656. The van der Waals surface area contributed by atoms with Gasteiger partial charge in [-0.25, -0.2) is 9.37 Å². The fraction of sp³-hybridized carbons (Fsp3) is 0.240. The molecule has 2 heterocycles. The van der Waals surface area contributed by atoms with Crippen LogP contribution in [0.25, 0.3) is 21.6 Å². The van der Waals surface area contributed by atoms with Gasteiger partial charge in [-0.2, -0.15) is 0 Å². The maximum atomic E-state index is 13.7. The van der Waals surface area contributed by atoms with Crippen molar-refractivity contribution in [3.8, 4) is 11.4 Å². The molecule has 0 fully saturated rings. The quantitative estimate of drug-likeness (QED) is 0.409. The van der Waals surface area contributed by atoms with Crippen LogP contribution in [0, 0.1) is 12.7 Å². The van der Waals surface area contributed by atoms with Gasteiger partial charge < -0.3 is 0 Å². The van der Waals surface area contributed by atoms with Crippen molar-refractivity contribution < 1.29 is 9.18 Å². The molecule has 1 aliphatic carbocycles. The molecular weight excluding hydrogens is 411 g/mol. The molecule has 0 saturated heterocycles. The third-order valence-corrected chi connectivity index (χ3v) is 7.00. The highest BCUT2D eigenvalue weighted by molar-refractivity contribution is 7.18. The van der Waals surface area contributed by atoms with Crippen LogP contribution < -0.4 is 5.56 Å². The molecule has 0 N–H and O–H groups in total. The first kappa shape index (κ1) is 19.8. The molecule has 0 atom stereocenters. The van der Waals surface area contributed by atoms with Crippen molar-refractivity contribution in [2.75, 3.05) is 0 Å². The van der Waals surface area contributed by atoms with Gasteiger partial charge in [0.1, 0.15) is 16.5 Å². The van der Waals surface area contributed by atoms with E-state index >= 15 is 0 Å². The Kier molecular flexibility index (Phi) is 5.02. The van der Waals surface area contributed by atoms with Crippen LogP contribution in [0.15, 0.2) is 53.3 Å². The number of thiophene rings is 1. The lowest BCUT2D eigenvalue weighted by Crippen LogP contribution is -2.27. The van der Waals surface area contributed by atoms with E-state index in [4.69, 9.17) is 4.98 Å². The van der Waals surface area contributed by atoms with Gasteiger partial charge in [0, 0.05) is 16.0 Å². The van der Waals surface area contributed by atoms with Crippen molar-refractivity contribution in [3.63, 3.8) is 0 Å². The van der Waals surface area contributed by atoms with Crippen LogP contribution in [-0.2, 0) is 19.4 Å². The van der Waals surface area contributed by atoms with E-state index in [0.717, 1.165) is 47.2 Å². The second kappa shape index (κ2) is 7.85. The standard InChI is InChI=1S/C25H21FN2O2S/c1-15-5-4-6-17(13-15)23-27-24-22(19-7-2-3-8-21(19)31-24)25(30)28(23)14-20(29)16-9-11-18(26)12-10-16/h4-6,9-13H,2-3,7-8,14H2,1H3. The number of halogens is 1. The third kappa shape index (κ3) is 3.61. The smallest absolute Gasteiger partial charge is 0.263 e. The molecule has 6 heteroatoms. The highest BCUT2D eigenvalue weighted by Gasteiger charge is 2.23. The first-order valence-electron chi connectivity index (χ1n) is 10.4. The van der Waals surface area contributed by atoms with Crippen molar-refractivity contribution in [1.29, 1.82) is 0 Å². The van der Waals surface area contributed by atoms with Crippen molar-refractivity contribution in [3.05, 3.63) is 86.3 Å². The third-order valence-electron chi connectivity index (χ3n) is 5.82. The number of hydrogen-bond donors (Lipinski definition) is 0. The predicted octanol–water partition coefficient (Wildman–Crippen LogP) is 5.33. The second-order valence-electron chi connectivity index (χ2n) is 8.02. The van der Waals surface area contributed by atoms with E-state index in [1.165, 1.54) is 33.7 Å². The zero-order valence-corrected chi connectivity index (χ0v) is 18.0. The Morgan fingerprint density at radius 2 is 1.90 bits per heavy atom. The molecule has 31 heavy (non-hydrogen) atoms. The Balaban J connectivity index is 1.71. The number of benzene rings is 2. The van der Waals surface area contributed by atoms with E-state index in [2.05, 4.69) is 0 Å². The average Bonchev–Trinajstić information content (AvgIpc) is 3.14. The number of fused-ring (bicyclic) bond motifs is 3. The number of nitrogens with zero attached hydrogens (tertiary/aromatic N) is 2. The fourth-order valence-corrected chi connectivity index (χ4v) is 5.51. The number of aryl methyl sites for hydroxylation is 3. The first-order chi connectivity index (χ1) is 15.0. The van der Waals surface area contributed by atoms with Gasteiger partial charge in [-0.15, -0.1) is 11.3 Å². The van der Waals surface area contributed by atoms with Gasteiger partial charge in [0.25, 0.3) is 5.56 Å². The number of carbonyl (C=O) groups excluding carboxylic acids is 1. The van der Waals surface area contributed by atoms with E-state index in [1.807, 2.05) is 31.2 Å². The molecule has 0 radical (unpaired) electrons. The van der Waals surface area contributed by atoms with Crippen LogP contribution in [0.5, 0.6) is 0 Å². The number of Topliss-reactive ketones (excluding diaryl/α,β-unsaturated/α-hetero) is 1. The van der Waals surface area contributed by atoms with Crippen LogP contribution in [0.4, 0.5) is 4.39 Å². The topological polar surface area (TPSA) is 52.0 Å². The SMILES string of the molecule is Cc1cccc(-c2nc3sc4c(c3c(=O)n2CC(=O)c2ccc(F)cc2)CCCC4)c1. The van der Waals surface area contributed by atoms with Crippen LogP contribution in [0.3, 0.4) is 0 Å². The van der Waals surface area contributed by atoms with Crippen LogP contribution in [0.2, 0.25) is 0 Å². The molecule has 0 spiro atoms. The van der Waals surface area contributed by atoms with Gasteiger partial charge in [0.05, 0.1) is 11.9 Å². The number of hydrogen-bond acceptors (Lipinski definition) is 4. The molecule has 5 rings (SSSR count). The Morgan fingerprint density at radius 3 is 2.68 bits per heavy atom.